The Bertz CT molecular complexity index is 1920. The smallest absolute Gasteiger partial charge is 0.356 e. The fourth-order valence-electron chi connectivity index (χ4n) is 7.40. The van der Waals surface area contributed by atoms with Crippen molar-refractivity contribution in [2.75, 3.05) is 13.7 Å². The van der Waals surface area contributed by atoms with Crippen molar-refractivity contribution in [1.82, 2.24) is 29.9 Å². The topological polar surface area (TPSA) is 167 Å². The van der Waals surface area contributed by atoms with Crippen LogP contribution in [0.15, 0.2) is 53.9 Å². The first-order valence-corrected chi connectivity index (χ1v) is 19.3. The number of rotatable bonds is 4. The molecule has 0 saturated heterocycles. The molecule has 12 nitrogen and oxygen atoms in total. The molecule has 55 heavy (non-hydrogen) atoms. The van der Waals surface area contributed by atoms with E-state index < -0.39 is 11.9 Å². The van der Waals surface area contributed by atoms with E-state index in [1.165, 1.54) is 68.1 Å². The van der Waals surface area contributed by atoms with Crippen molar-refractivity contribution in [3.05, 3.63) is 77.4 Å². The van der Waals surface area contributed by atoms with Crippen LogP contribution in [0.4, 0.5) is 0 Å². The quantitative estimate of drug-likeness (QED) is 0.144. The van der Waals surface area contributed by atoms with Gasteiger partial charge in [-0.1, -0.05) is 54.4 Å². The predicted molar refractivity (Wildman–Crippen MR) is 211 cm³/mol. The highest BCUT2D eigenvalue weighted by Gasteiger charge is 2.41. The molecule has 0 spiro atoms. The second-order valence-corrected chi connectivity index (χ2v) is 16.6. The number of aromatic nitrogens is 6. The Morgan fingerprint density at radius 2 is 1.36 bits per heavy atom. The van der Waals surface area contributed by atoms with Crippen LogP contribution in [0, 0.1) is 36.0 Å². The lowest BCUT2D eigenvalue weighted by atomic mass is 9.69. The van der Waals surface area contributed by atoms with E-state index in [0.29, 0.717) is 17.9 Å². The zero-order valence-corrected chi connectivity index (χ0v) is 34.1. The van der Waals surface area contributed by atoms with Crippen molar-refractivity contribution in [2.45, 2.75) is 120 Å². The van der Waals surface area contributed by atoms with Crippen LogP contribution in [0.5, 0.6) is 0 Å². The molecule has 0 bridgehead atoms. The Morgan fingerprint density at radius 1 is 0.709 bits per heavy atom. The Balaban J connectivity index is 0.000000171. The first-order valence-electron chi connectivity index (χ1n) is 19.3. The second-order valence-electron chi connectivity index (χ2n) is 16.6. The highest BCUT2D eigenvalue weighted by Crippen LogP contribution is 2.42. The number of carbonyl (C=O) groups excluding carboxylic acids is 4. The Labute approximate surface area is 325 Å². The number of methoxy groups -OCH3 is 1. The molecular formula is C43H57N7O5. The number of aryl methyl sites for hydroxylation is 2. The molecule has 1 unspecified atom stereocenters. The molecule has 0 aromatic carbocycles. The third-order valence-corrected chi connectivity index (χ3v) is 10.9. The Kier molecular flexibility index (Phi) is 14.5. The first-order chi connectivity index (χ1) is 26.0. The van der Waals surface area contributed by atoms with Crippen molar-refractivity contribution < 1.29 is 23.9 Å². The molecule has 1 aliphatic heterocycles. The number of Topliss-reactive ketones (excluding diaryl/α,β-unsaturated/α-hetero) is 3. The number of ketones is 3. The maximum Gasteiger partial charge on any atom is 0.356 e. The Hall–Kier alpha value is -4.87. The fourth-order valence-corrected chi connectivity index (χ4v) is 7.40. The number of allylic oxidation sites excluding steroid dienone is 1. The van der Waals surface area contributed by atoms with Gasteiger partial charge in [-0.3, -0.25) is 19.4 Å². The molecule has 7 rings (SSSR count). The lowest BCUT2D eigenvalue weighted by Crippen LogP contribution is -2.39. The number of ether oxygens (including phenoxy) is 1. The molecule has 0 radical (unpaired) electrons. The second kappa shape index (κ2) is 18.6. The normalized spacial score (nSPS) is 20.5. The molecule has 3 aromatic heterocycles. The summed E-state index contributed by atoms with van der Waals surface area (Å²) in [6, 6.07) is 5.21. The van der Waals surface area contributed by atoms with Crippen LogP contribution in [-0.2, 0) is 14.3 Å². The van der Waals surface area contributed by atoms with Crippen molar-refractivity contribution in [2.24, 2.45) is 27.2 Å². The zero-order valence-electron chi connectivity index (χ0n) is 34.1. The van der Waals surface area contributed by atoms with Gasteiger partial charge >= 0.3 is 5.97 Å². The predicted octanol–water partition coefficient (Wildman–Crippen LogP) is 7.99. The zero-order chi connectivity index (χ0) is 40.4. The molecule has 3 fully saturated rings. The largest absolute Gasteiger partial charge is 0.464 e. The van der Waals surface area contributed by atoms with Gasteiger partial charge in [-0.15, -0.1) is 0 Å². The SMILES string of the molecule is CC1(C)CCCCC1=O.COC(=O)c1ccncn1.Cc1cc(C(=O)C2CCCC(C)(C)C2=O)ncn1.Cc1cc(C2=C3CCCC(C)(C)C3=NC2)ncn1. The van der Waals surface area contributed by atoms with Gasteiger partial charge in [-0.05, 0) is 82.6 Å². The summed E-state index contributed by atoms with van der Waals surface area (Å²) in [7, 11) is 1.31. The number of aliphatic imine (C=N–C) groups is 1. The summed E-state index contributed by atoms with van der Waals surface area (Å²) in [5, 5.41) is 0. The molecule has 3 aliphatic carbocycles. The minimum atomic E-state index is -0.525. The van der Waals surface area contributed by atoms with E-state index in [0.717, 1.165) is 62.2 Å². The lowest BCUT2D eigenvalue weighted by molar-refractivity contribution is -0.132. The van der Waals surface area contributed by atoms with Gasteiger partial charge in [0.15, 0.2) is 11.5 Å². The number of hydrogen-bond donors (Lipinski definition) is 0. The van der Waals surface area contributed by atoms with E-state index >= 15 is 0 Å². The minimum absolute atomic E-state index is 0.00174. The lowest BCUT2D eigenvalue weighted by Gasteiger charge is -2.32. The number of fused-ring (bicyclic) bond motifs is 1. The number of carbonyl (C=O) groups is 4. The van der Waals surface area contributed by atoms with E-state index in [4.69, 9.17) is 4.99 Å². The molecule has 294 valence electrons. The van der Waals surface area contributed by atoms with Gasteiger partial charge in [0, 0.05) is 51.5 Å². The van der Waals surface area contributed by atoms with Gasteiger partial charge in [0.1, 0.15) is 36.2 Å². The van der Waals surface area contributed by atoms with Crippen LogP contribution in [0.2, 0.25) is 0 Å². The summed E-state index contributed by atoms with van der Waals surface area (Å²) in [5.74, 6) is -0.618. The molecular weight excluding hydrogens is 695 g/mol. The highest BCUT2D eigenvalue weighted by molar-refractivity contribution is 6.13. The van der Waals surface area contributed by atoms with Gasteiger partial charge in [0.25, 0.3) is 0 Å². The number of esters is 1. The third kappa shape index (κ3) is 11.3. The molecule has 4 heterocycles. The minimum Gasteiger partial charge on any atom is -0.464 e. The average Bonchev–Trinajstić information content (AvgIpc) is 3.61. The monoisotopic (exact) mass is 751 g/mol. The standard InChI is InChI=1S/C15H19N3.C14H18N2O2.C8H14O.C6H6N2O2/c1-10-7-13(18-9-17-10)12-8-16-14-11(12)5-4-6-15(14,2)3;1-9-7-11(16-8-15-9)12(17)10-5-4-6-14(2,3)13(10)18;1-8(2)6-4-3-5-7(8)9;1-10-6(9)5-2-3-7-4-8-5/h7,9H,4-6,8H2,1-3H3;7-8,10H,4-6H2,1-3H3;3-6H2,1-2H3;2-4H,1H3. The molecule has 3 aromatic rings. The molecule has 4 aliphatic rings. The van der Waals surface area contributed by atoms with Crippen molar-refractivity contribution in [3.63, 3.8) is 0 Å². The van der Waals surface area contributed by atoms with E-state index in [2.05, 4.69) is 68.4 Å². The van der Waals surface area contributed by atoms with Crippen LogP contribution >= 0.6 is 0 Å². The van der Waals surface area contributed by atoms with Crippen LogP contribution in [0.25, 0.3) is 5.57 Å². The van der Waals surface area contributed by atoms with Gasteiger partial charge in [-0.25, -0.2) is 34.7 Å². The van der Waals surface area contributed by atoms with E-state index in [1.807, 2.05) is 27.7 Å². The van der Waals surface area contributed by atoms with Gasteiger partial charge < -0.3 is 4.74 Å². The van der Waals surface area contributed by atoms with Crippen LogP contribution in [0.3, 0.4) is 0 Å². The fraction of sp³-hybridized carbons (Fsp3) is 0.558. The molecule has 1 atom stereocenters. The van der Waals surface area contributed by atoms with Crippen LogP contribution in [-0.4, -0.2) is 72.6 Å². The summed E-state index contributed by atoms with van der Waals surface area (Å²) < 4.78 is 4.41. The summed E-state index contributed by atoms with van der Waals surface area (Å²) in [5.41, 5.74) is 7.40. The molecule has 12 heteroatoms. The van der Waals surface area contributed by atoms with Crippen molar-refractivity contribution in [3.8, 4) is 0 Å². The average molecular weight is 752 g/mol. The maximum atomic E-state index is 12.3. The van der Waals surface area contributed by atoms with Crippen LogP contribution < -0.4 is 0 Å². The van der Waals surface area contributed by atoms with E-state index in [1.54, 1.807) is 12.4 Å². The van der Waals surface area contributed by atoms with Gasteiger partial charge in [0.05, 0.1) is 25.3 Å². The van der Waals surface area contributed by atoms with Crippen molar-refractivity contribution in [1.29, 1.82) is 0 Å². The van der Waals surface area contributed by atoms with E-state index in [-0.39, 0.29) is 33.5 Å². The third-order valence-electron chi connectivity index (χ3n) is 10.9. The molecule has 0 amide bonds. The van der Waals surface area contributed by atoms with Crippen molar-refractivity contribution >= 4 is 34.6 Å². The summed E-state index contributed by atoms with van der Waals surface area (Å²) in [6.07, 6.45) is 16.1. The van der Waals surface area contributed by atoms with E-state index in [9.17, 15) is 19.2 Å². The van der Waals surface area contributed by atoms with Gasteiger partial charge in [0.2, 0.25) is 0 Å². The highest BCUT2D eigenvalue weighted by atomic mass is 16.5. The first kappa shape index (κ1) is 42.9. The van der Waals surface area contributed by atoms with Crippen LogP contribution in [0.1, 0.15) is 144 Å². The maximum absolute atomic E-state index is 12.3. The van der Waals surface area contributed by atoms with Gasteiger partial charge in [-0.2, -0.15) is 0 Å². The summed E-state index contributed by atoms with van der Waals surface area (Å²) in [6.45, 7) is 17.2. The number of nitrogens with zero attached hydrogens (tertiary/aromatic N) is 7. The summed E-state index contributed by atoms with van der Waals surface area (Å²) in [4.78, 5) is 75.1. The Morgan fingerprint density at radius 3 is 1.96 bits per heavy atom. The molecule has 0 N–H and O–H groups in total. The summed E-state index contributed by atoms with van der Waals surface area (Å²) >= 11 is 0. The number of hydrogen-bond acceptors (Lipinski definition) is 12. The molecule has 3 saturated carbocycles.